The van der Waals surface area contributed by atoms with Gasteiger partial charge in [0, 0.05) is 23.7 Å². The number of hydrogen-bond acceptors (Lipinski definition) is 8. The summed E-state index contributed by atoms with van der Waals surface area (Å²) in [5, 5.41) is 45.6. The zero-order valence-corrected chi connectivity index (χ0v) is 16.2. The van der Waals surface area contributed by atoms with Gasteiger partial charge in [0.15, 0.2) is 5.44 Å². The summed E-state index contributed by atoms with van der Waals surface area (Å²) in [6, 6.07) is 4.55. The van der Waals surface area contributed by atoms with Gasteiger partial charge in [-0.05, 0) is 18.6 Å². The average Bonchev–Trinajstić information content (AvgIpc) is 3.03. The van der Waals surface area contributed by atoms with Crippen LogP contribution in [0.15, 0.2) is 18.2 Å². The molecule has 1 aromatic carbocycles. The standard InChI is InChI=1S/C18H23FN2O6S/c1-8-11(5-9-3-4-10(26-2)6-12(9)19)17(21-20-8)27-18-16(25)15(24)14(23)13(7-22)28-18/h3-4,6,13-16,18,22-25H,5,7H2,1-2H3,(H,20,21)/t13-,14-,15+,16-,18-/m1/s1. The molecule has 2 heterocycles. The van der Waals surface area contributed by atoms with Crippen molar-refractivity contribution in [3.8, 4) is 11.6 Å². The van der Waals surface area contributed by atoms with Crippen molar-refractivity contribution in [1.82, 2.24) is 10.2 Å². The van der Waals surface area contributed by atoms with E-state index in [9.17, 15) is 24.8 Å². The molecule has 0 saturated carbocycles. The van der Waals surface area contributed by atoms with E-state index < -0.39 is 34.8 Å². The third kappa shape index (κ3) is 4.11. The van der Waals surface area contributed by atoms with Crippen LogP contribution in [0.5, 0.6) is 11.6 Å². The summed E-state index contributed by atoms with van der Waals surface area (Å²) < 4.78 is 25.1. The van der Waals surface area contributed by atoms with Crippen LogP contribution >= 0.6 is 11.8 Å². The van der Waals surface area contributed by atoms with Crippen LogP contribution in [0.2, 0.25) is 0 Å². The number of ether oxygens (including phenoxy) is 2. The summed E-state index contributed by atoms with van der Waals surface area (Å²) in [7, 11) is 1.46. The van der Waals surface area contributed by atoms with Crippen molar-refractivity contribution in [2.45, 2.75) is 42.3 Å². The number of benzene rings is 1. The Kier molecular flexibility index (Phi) is 6.46. The second kappa shape index (κ2) is 8.66. The van der Waals surface area contributed by atoms with E-state index in [-0.39, 0.29) is 18.9 Å². The van der Waals surface area contributed by atoms with Gasteiger partial charge in [-0.2, -0.15) is 0 Å². The Bertz CT molecular complexity index is 817. The van der Waals surface area contributed by atoms with Crippen LogP contribution in [-0.4, -0.2) is 73.3 Å². The average molecular weight is 414 g/mol. The molecule has 0 unspecified atom stereocenters. The number of hydrogen-bond donors (Lipinski definition) is 5. The summed E-state index contributed by atoms with van der Waals surface area (Å²) in [4.78, 5) is 0. The van der Waals surface area contributed by atoms with Crippen molar-refractivity contribution in [3.05, 3.63) is 40.8 Å². The predicted octanol–water partition coefficient (Wildman–Crippen LogP) is 0.352. The summed E-state index contributed by atoms with van der Waals surface area (Å²) in [6.07, 6.45) is -3.94. The highest BCUT2D eigenvalue weighted by molar-refractivity contribution is 8.00. The molecule has 3 rings (SSSR count). The Morgan fingerprint density at radius 1 is 1.21 bits per heavy atom. The molecule has 5 atom stereocenters. The predicted molar refractivity (Wildman–Crippen MR) is 100.0 cm³/mol. The lowest BCUT2D eigenvalue weighted by Gasteiger charge is -2.38. The summed E-state index contributed by atoms with van der Waals surface area (Å²) in [5.74, 6) is 0.132. The molecule has 0 bridgehead atoms. The van der Waals surface area contributed by atoms with Crippen LogP contribution in [0.4, 0.5) is 4.39 Å². The maximum absolute atomic E-state index is 14.3. The Morgan fingerprint density at radius 2 is 1.96 bits per heavy atom. The van der Waals surface area contributed by atoms with Gasteiger partial charge in [-0.15, -0.1) is 16.9 Å². The molecule has 0 amide bonds. The zero-order valence-electron chi connectivity index (χ0n) is 15.4. The van der Waals surface area contributed by atoms with Gasteiger partial charge in [0.25, 0.3) is 0 Å². The minimum Gasteiger partial charge on any atom is -0.497 e. The lowest BCUT2D eigenvalue weighted by Crippen LogP contribution is -2.55. The van der Waals surface area contributed by atoms with E-state index in [4.69, 9.17) is 9.47 Å². The molecule has 1 saturated heterocycles. The molecule has 5 N–H and O–H groups in total. The molecule has 0 radical (unpaired) electrons. The highest BCUT2D eigenvalue weighted by Crippen LogP contribution is 2.35. The summed E-state index contributed by atoms with van der Waals surface area (Å²) in [5.41, 5.74) is 0.714. The molecule has 8 nitrogen and oxygen atoms in total. The first-order valence-corrected chi connectivity index (χ1v) is 9.63. The van der Waals surface area contributed by atoms with Crippen LogP contribution in [0.1, 0.15) is 16.8 Å². The molecule has 10 heteroatoms. The molecule has 154 valence electrons. The van der Waals surface area contributed by atoms with Gasteiger partial charge in [-0.1, -0.05) is 6.07 Å². The number of aryl methyl sites for hydroxylation is 1. The van der Waals surface area contributed by atoms with E-state index in [1.54, 1.807) is 19.1 Å². The number of halogens is 1. The Balaban J connectivity index is 1.81. The number of aromatic nitrogens is 2. The molecule has 1 aliphatic heterocycles. The third-order valence-corrected chi connectivity index (χ3v) is 6.16. The molecule has 1 aliphatic rings. The lowest BCUT2D eigenvalue weighted by atomic mass is 10.0. The van der Waals surface area contributed by atoms with E-state index in [2.05, 4.69) is 10.2 Å². The number of aromatic amines is 1. The maximum Gasteiger partial charge on any atom is 0.237 e. The number of rotatable bonds is 6. The number of aliphatic hydroxyl groups excluding tert-OH is 4. The van der Waals surface area contributed by atoms with Gasteiger partial charge in [-0.25, -0.2) is 4.39 Å². The van der Waals surface area contributed by atoms with Crippen molar-refractivity contribution < 1.29 is 34.3 Å². The van der Waals surface area contributed by atoms with Crippen LogP contribution in [0, 0.1) is 12.7 Å². The Hall–Kier alpha value is -1.85. The number of methoxy groups -OCH3 is 1. The zero-order chi connectivity index (χ0) is 20.4. The van der Waals surface area contributed by atoms with E-state index in [0.717, 1.165) is 11.8 Å². The van der Waals surface area contributed by atoms with Crippen molar-refractivity contribution in [3.63, 3.8) is 0 Å². The maximum atomic E-state index is 14.3. The van der Waals surface area contributed by atoms with Crippen molar-refractivity contribution in [1.29, 1.82) is 0 Å². The largest absolute Gasteiger partial charge is 0.497 e. The van der Waals surface area contributed by atoms with Crippen molar-refractivity contribution >= 4 is 11.8 Å². The van der Waals surface area contributed by atoms with Crippen molar-refractivity contribution in [2.75, 3.05) is 13.7 Å². The van der Waals surface area contributed by atoms with Gasteiger partial charge in [-0.3, -0.25) is 5.10 Å². The molecule has 0 aliphatic carbocycles. The van der Waals surface area contributed by atoms with E-state index in [0.29, 0.717) is 22.6 Å². The van der Waals surface area contributed by atoms with Gasteiger partial charge >= 0.3 is 0 Å². The second-order valence-electron chi connectivity index (χ2n) is 6.58. The van der Waals surface area contributed by atoms with E-state index in [1.165, 1.54) is 13.2 Å². The molecule has 28 heavy (non-hydrogen) atoms. The van der Waals surface area contributed by atoms with Gasteiger partial charge in [0.1, 0.15) is 23.8 Å². The van der Waals surface area contributed by atoms with Crippen LogP contribution in [0.3, 0.4) is 0 Å². The van der Waals surface area contributed by atoms with Crippen LogP contribution in [0.25, 0.3) is 0 Å². The first-order valence-electron chi connectivity index (χ1n) is 8.69. The molecule has 1 fully saturated rings. The topological polar surface area (TPSA) is 128 Å². The number of nitrogens with zero attached hydrogens (tertiary/aromatic N) is 1. The SMILES string of the molecule is COc1ccc(Cc2c(O[C@@H]3S[C@H](CO)[C@@H](O)[C@H](O)[C@H]3O)n[nH]c2C)c(F)c1. The number of thioether (sulfide) groups is 1. The lowest BCUT2D eigenvalue weighted by molar-refractivity contribution is -0.0915. The number of nitrogens with one attached hydrogen (secondary N) is 1. The first kappa shape index (κ1) is 20.9. The Labute approximate surface area is 165 Å². The monoisotopic (exact) mass is 414 g/mol. The molecule has 2 aromatic rings. The van der Waals surface area contributed by atoms with Crippen LogP contribution in [-0.2, 0) is 6.42 Å². The Morgan fingerprint density at radius 3 is 2.61 bits per heavy atom. The number of aliphatic hydroxyl groups is 4. The van der Waals surface area contributed by atoms with Crippen LogP contribution < -0.4 is 9.47 Å². The summed E-state index contributed by atoms with van der Waals surface area (Å²) in [6.45, 7) is 1.37. The smallest absolute Gasteiger partial charge is 0.237 e. The fourth-order valence-corrected chi connectivity index (χ4v) is 4.22. The normalized spacial score (nSPS) is 27.6. The highest BCUT2D eigenvalue weighted by Gasteiger charge is 2.44. The van der Waals surface area contributed by atoms with E-state index in [1.807, 2.05) is 0 Å². The molecule has 0 spiro atoms. The fraction of sp³-hybridized carbons (Fsp3) is 0.500. The highest BCUT2D eigenvalue weighted by atomic mass is 32.2. The second-order valence-corrected chi connectivity index (χ2v) is 7.92. The quantitative estimate of drug-likeness (QED) is 0.458. The number of H-pyrrole nitrogens is 1. The molecule has 1 aromatic heterocycles. The third-order valence-electron chi connectivity index (χ3n) is 4.74. The van der Waals surface area contributed by atoms with Crippen molar-refractivity contribution in [2.24, 2.45) is 0 Å². The minimum absolute atomic E-state index is 0.157. The molecular formula is C18H23FN2O6S. The van der Waals surface area contributed by atoms with Gasteiger partial charge in [0.05, 0.1) is 25.1 Å². The van der Waals surface area contributed by atoms with E-state index >= 15 is 0 Å². The molecular weight excluding hydrogens is 391 g/mol. The van der Waals surface area contributed by atoms with Gasteiger partial charge in [0.2, 0.25) is 5.88 Å². The summed E-state index contributed by atoms with van der Waals surface area (Å²) >= 11 is 1.00. The van der Waals surface area contributed by atoms with Gasteiger partial charge < -0.3 is 29.9 Å². The minimum atomic E-state index is -1.47. The first-order chi connectivity index (χ1) is 13.3. The fourth-order valence-electron chi connectivity index (χ4n) is 3.00.